The molecule has 1 aromatic carbocycles. The highest BCUT2D eigenvalue weighted by Crippen LogP contribution is 2.31. The van der Waals surface area contributed by atoms with E-state index in [1.807, 2.05) is 6.92 Å². The van der Waals surface area contributed by atoms with E-state index < -0.39 is 6.03 Å². The predicted octanol–water partition coefficient (Wildman–Crippen LogP) is 3.23. The molecule has 1 unspecified atom stereocenters. The van der Waals surface area contributed by atoms with Gasteiger partial charge in [-0.1, -0.05) is 32.9 Å². The van der Waals surface area contributed by atoms with Crippen molar-refractivity contribution in [2.45, 2.75) is 50.2 Å². The number of hydrogen-bond donors (Lipinski definition) is 2. The van der Waals surface area contributed by atoms with Crippen LogP contribution in [0.4, 0.5) is 4.79 Å². The number of benzene rings is 1. The Kier molecular flexibility index (Phi) is 5.84. The predicted molar refractivity (Wildman–Crippen MR) is 87.8 cm³/mol. The van der Waals surface area contributed by atoms with Crippen LogP contribution in [0.1, 0.15) is 38.8 Å². The van der Waals surface area contributed by atoms with Crippen molar-refractivity contribution < 1.29 is 9.59 Å². The average Bonchev–Trinajstić information content (AvgIpc) is 2.39. The van der Waals surface area contributed by atoms with Gasteiger partial charge in [-0.3, -0.25) is 10.1 Å². The number of nitrogens with one attached hydrogen (secondary N) is 2. The smallest absolute Gasteiger partial charge is 0.321 e. The Morgan fingerprint density at radius 2 is 1.86 bits per heavy atom. The fourth-order valence-electron chi connectivity index (χ4n) is 1.71. The first-order valence-corrected chi connectivity index (χ1v) is 7.83. The number of thioether (sulfide) groups is 1. The molecule has 0 heterocycles. The van der Waals surface area contributed by atoms with Crippen molar-refractivity contribution in [3.63, 3.8) is 0 Å². The monoisotopic (exact) mass is 308 g/mol. The minimum atomic E-state index is -0.479. The number of rotatable bonds is 3. The van der Waals surface area contributed by atoms with E-state index in [0.717, 1.165) is 10.5 Å². The molecule has 1 aromatic rings. The van der Waals surface area contributed by atoms with Gasteiger partial charge in [0.15, 0.2) is 0 Å². The van der Waals surface area contributed by atoms with Gasteiger partial charge in [-0.25, -0.2) is 4.79 Å². The summed E-state index contributed by atoms with van der Waals surface area (Å²) >= 11 is 1.47. The van der Waals surface area contributed by atoms with Crippen LogP contribution in [-0.2, 0) is 10.2 Å². The van der Waals surface area contributed by atoms with Crippen LogP contribution in [0.5, 0.6) is 0 Å². The zero-order valence-electron chi connectivity index (χ0n) is 13.5. The number of carbonyl (C=O) groups excluding carboxylic acids is 2. The molecule has 0 aliphatic carbocycles. The van der Waals surface area contributed by atoms with Gasteiger partial charge in [0.1, 0.15) is 0 Å². The second-order valence-electron chi connectivity index (χ2n) is 6.06. The Hall–Kier alpha value is -1.49. The first-order valence-electron chi connectivity index (χ1n) is 6.95. The third-order valence-corrected chi connectivity index (χ3v) is 4.45. The summed E-state index contributed by atoms with van der Waals surface area (Å²) in [5.74, 6) is -0.292. The molecule has 0 aromatic heterocycles. The summed E-state index contributed by atoms with van der Waals surface area (Å²) in [5.41, 5.74) is 2.43. The van der Waals surface area contributed by atoms with Crippen molar-refractivity contribution >= 4 is 23.7 Å². The minimum Gasteiger partial charge on any atom is -0.341 e. The van der Waals surface area contributed by atoms with Crippen molar-refractivity contribution in [1.29, 1.82) is 0 Å². The zero-order valence-corrected chi connectivity index (χ0v) is 14.4. The molecular formula is C16H24N2O2S. The van der Waals surface area contributed by atoms with Crippen LogP contribution in [-0.4, -0.2) is 24.2 Å². The molecule has 0 fully saturated rings. The van der Waals surface area contributed by atoms with E-state index in [1.54, 1.807) is 6.92 Å². The highest BCUT2D eigenvalue weighted by atomic mass is 32.2. The van der Waals surface area contributed by atoms with E-state index in [0.29, 0.717) is 0 Å². The standard InChI is InChI=1S/C16H24N2O2S/c1-10-7-8-12(16(3,4)5)9-13(10)21-11(2)14(19)18-15(20)17-6/h7-9,11H,1-6H3,(H2,17,18,19,20). The van der Waals surface area contributed by atoms with Crippen LogP contribution >= 0.6 is 11.8 Å². The summed E-state index contributed by atoms with van der Waals surface area (Å²) in [7, 11) is 1.48. The second-order valence-corrected chi connectivity index (χ2v) is 7.44. The number of aryl methyl sites for hydroxylation is 1. The third-order valence-electron chi connectivity index (χ3n) is 3.19. The molecule has 1 rings (SSSR count). The maximum Gasteiger partial charge on any atom is 0.321 e. The van der Waals surface area contributed by atoms with Crippen LogP contribution in [0, 0.1) is 6.92 Å². The molecule has 0 aliphatic heterocycles. The Morgan fingerprint density at radius 3 is 2.38 bits per heavy atom. The molecule has 0 saturated carbocycles. The van der Waals surface area contributed by atoms with Gasteiger partial charge in [0, 0.05) is 11.9 Å². The Balaban J connectivity index is 2.87. The van der Waals surface area contributed by atoms with Crippen molar-refractivity contribution in [2.24, 2.45) is 0 Å². The van der Waals surface area contributed by atoms with Gasteiger partial charge >= 0.3 is 6.03 Å². The fourth-order valence-corrected chi connectivity index (χ4v) is 2.71. The number of imide groups is 1. The highest BCUT2D eigenvalue weighted by molar-refractivity contribution is 8.00. The van der Waals surface area contributed by atoms with Crippen LogP contribution < -0.4 is 10.6 Å². The number of amides is 3. The van der Waals surface area contributed by atoms with Gasteiger partial charge < -0.3 is 5.32 Å². The fraction of sp³-hybridized carbons (Fsp3) is 0.500. The molecule has 0 saturated heterocycles. The minimum absolute atomic E-state index is 0.0661. The quantitative estimate of drug-likeness (QED) is 0.843. The normalized spacial score (nSPS) is 12.7. The van der Waals surface area contributed by atoms with Gasteiger partial charge in [-0.15, -0.1) is 11.8 Å². The summed E-state index contributed by atoms with van der Waals surface area (Å²) in [4.78, 5) is 24.2. The van der Waals surface area contributed by atoms with Crippen molar-refractivity contribution in [3.05, 3.63) is 29.3 Å². The summed E-state index contributed by atoms with van der Waals surface area (Å²) in [6.07, 6.45) is 0. The van der Waals surface area contributed by atoms with E-state index in [1.165, 1.54) is 24.4 Å². The molecule has 5 heteroatoms. The maximum atomic E-state index is 11.9. The Labute approximate surface area is 131 Å². The van der Waals surface area contributed by atoms with Crippen molar-refractivity contribution in [1.82, 2.24) is 10.6 Å². The lowest BCUT2D eigenvalue weighted by molar-refractivity contribution is -0.119. The lowest BCUT2D eigenvalue weighted by Crippen LogP contribution is -2.41. The highest BCUT2D eigenvalue weighted by Gasteiger charge is 2.19. The molecule has 0 spiro atoms. The summed E-state index contributed by atoms with van der Waals surface area (Å²) in [5, 5.41) is 4.34. The summed E-state index contributed by atoms with van der Waals surface area (Å²) < 4.78 is 0. The van der Waals surface area contributed by atoms with Gasteiger partial charge in [0.05, 0.1) is 5.25 Å². The van der Waals surface area contributed by atoms with Crippen LogP contribution in [0.2, 0.25) is 0 Å². The molecule has 4 nitrogen and oxygen atoms in total. The molecule has 0 radical (unpaired) electrons. The molecule has 116 valence electrons. The van der Waals surface area contributed by atoms with E-state index >= 15 is 0 Å². The lowest BCUT2D eigenvalue weighted by atomic mass is 9.87. The lowest BCUT2D eigenvalue weighted by Gasteiger charge is -2.21. The second kappa shape index (κ2) is 6.98. The van der Waals surface area contributed by atoms with Gasteiger partial charge in [0.2, 0.25) is 5.91 Å². The molecule has 3 amide bonds. The van der Waals surface area contributed by atoms with Gasteiger partial charge in [-0.2, -0.15) is 0 Å². The average molecular weight is 308 g/mol. The van der Waals surface area contributed by atoms with Crippen molar-refractivity contribution in [3.8, 4) is 0 Å². The summed E-state index contributed by atoms with van der Waals surface area (Å²) in [6, 6.07) is 5.84. The van der Waals surface area contributed by atoms with Crippen LogP contribution in [0.15, 0.2) is 23.1 Å². The maximum absolute atomic E-state index is 11.9. The van der Waals surface area contributed by atoms with E-state index in [9.17, 15) is 9.59 Å². The number of hydrogen-bond acceptors (Lipinski definition) is 3. The molecule has 2 N–H and O–H groups in total. The Bertz CT molecular complexity index is 536. The van der Waals surface area contributed by atoms with Gasteiger partial charge in [0.25, 0.3) is 0 Å². The molecule has 1 atom stereocenters. The van der Waals surface area contributed by atoms with Gasteiger partial charge in [-0.05, 0) is 36.5 Å². The Morgan fingerprint density at radius 1 is 1.24 bits per heavy atom. The van der Waals surface area contributed by atoms with E-state index in [2.05, 4.69) is 49.6 Å². The van der Waals surface area contributed by atoms with Crippen molar-refractivity contribution in [2.75, 3.05) is 7.05 Å². The SMILES string of the molecule is CNC(=O)NC(=O)C(C)Sc1cc(C(C)(C)C)ccc1C. The van der Waals surface area contributed by atoms with Crippen LogP contribution in [0.3, 0.4) is 0 Å². The largest absolute Gasteiger partial charge is 0.341 e. The zero-order chi connectivity index (χ0) is 16.2. The molecule has 0 aliphatic rings. The topological polar surface area (TPSA) is 58.2 Å². The molecule has 21 heavy (non-hydrogen) atoms. The van der Waals surface area contributed by atoms with Crippen LogP contribution in [0.25, 0.3) is 0 Å². The van der Waals surface area contributed by atoms with E-state index in [4.69, 9.17) is 0 Å². The number of urea groups is 1. The van der Waals surface area contributed by atoms with E-state index in [-0.39, 0.29) is 16.6 Å². The molecular weight excluding hydrogens is 284 g/mol. The first-order chi connectivity index (χ1) is 9.65. The first kappa shape index (κ1) is 17.6. The third kappa shape index (κ3) is 5.08. The summed E-state index contributed by atoms with van der Waals surface area (Å²) in [6.45, 7) is 10.3. The number of carbonyl (C=O) groups is 2. The molecule has 0 bridgehead atoms.